The molecule has 0 aliphatic heterocycles. The van der Waals surface area contributed by atoms with Crippen LogP contribution in [0.1, 0.15) is 12.5 Å². The fourth-order valence-corrected chi connectivity index (χ4v) is 2.38. The van der Waals surface area contributed by atoms with E-state index in [4.69, 9.17) is 18.9 Å². The highest BCUT2D eigenvalue weighted by atomic mass is 16.5. The van der Waals surface area contributed by atoms with Gasteiger partial charge in [0.05, 0.1) is 34.1 Å². The maximum Gasteiger partial charge on any atom is 0.251 e. The maximum absolute atomic E-state index is 12.5. The quantitative estimate of drug-likeness (QED) is 0.764. The summed E-state index contributed by atoms with van der Waals surface area (Å²) in [5.74, 6) is 2.18. The predicted molar refractivity (Wildman–Crippen MR) is 101 cm³/mol. The minimum absolute atomic E-state index is 0.233. The number of nitrogens with one attached hydrogen (secondary N) is 1. The van der Waals surface area contributed by atoms with Crippen LogP contribution < -0.4 is 24.3 Å². The summed E-state index contributed by atoms with van der Waals surface area (Å²) >= 11 is 0. The third-order valence-corrected chi connectivity index (χ3v) is 3.81. The number of rotatable bonds is 7. The van der Waals surface area contributed by atoms with Gasteiger partial charge in [-0.25, -0.2) is 0 Å². The number of carbonyl (C=O) groups excluding carboxylic acids is 1. The van der Waals surface area contributed by atoms with Gasteiger partial charge in [-0.3, -0.25) is 4.79 Å². The van der Waals surface area contributed by atoms with E-state index in [9.17, 15) is 4.79 Å². The molecule has 0 fully saturated rings. The van der Waals surface area contributed by atoms with Crippen LogP contribution in [0.2, 0.25) is 0 Å². The molecule has 0 aromatic heterocycles. The molecule has 1 N–H and O–H groups in total. The highest BCUT2D eigenvalue weighted by Gasteiger charge is 2.11. The van der Waals surface area contributed by atoms with Crippen molar-refractivity contribution >= 4 is 17.7 Å². The van der Waals surface area contributed by atoms with Crippen LogP contribution >= 0.6 is 0 Å². The Kier molecular flexibility index (Phi) is 6.49. The van der Waals surface area contributed by atoms with Gasteiger partial charge in [-0.2, -0.15) is 0 Å². The molecule has 138 valence electrons. The number of ether oxygens (including phenoxy) is 4. The molecule has 0 saturated carbocycles. The van der Waals surface area contributed by atoms with Crippen LogP contribution in [0.3, 0.4) is 0 Å². The molecule has 0 bridgehead atoms. The van der Waals surface area contributed by atoms with Crippen molar-refractivity contribution in [3.63, 3.8) is 0 Å². The molecule has 6 heteroatoms. The molecule has 0 unspecified atom stereocenters. The van der Waals surface area contributed by atoms with Gasteiger partial charge < -0.3 is 24.3 Å². The van der Waals surface area contributed by atoms with Gasteiger partial charge in [-0.1, -0.05) is 6.07 Å². The Morgan fingerprint density at radius 1 is 0.846 bits per heavy atom. The van der Waals surface area contributed by atoms with Crippen LogP contribution in [0, 0.1) is 0 Å². The van der Waals surface area contributed by atoms with Crippen molar-refractivity contribution in [2.75, 3.05) is 33.8 Å². The molecule has 0 radical (unpaired) electrons. The lowest BCUT2D eigenvalue weighted by molar-refractivity contribution is -0.112. The zero-order chi connectivity index (χ0) is 19.1. The number of carbonyl (C=O) groups is 1. The Hall–Kier alpha value is -3.15. The molecule has 2 aromatic rings. The lowest BCUT2D eigenvalue weighted by Gasteiger charge is -2.12. The van der Waals surface area contributed by atoms with Gasteiger partial charge in [0.1, 0.15) is 11.5 Å². The standard InChI is InChI=1S/C20H23NO5/c1-13(10-14-6-9-17(24-3)19(11-14)26-5)20(22)21-16-8-7-15(23-2)12-18(16)25-4/h6-12H,1-5H3,(H,21,22)/b13-10+. The number of methoxy groups -OCH3 is 4. The van der Waals surface area contributed by atoms with Crippen molar-refractivity contribution in [1.29, 1.82) is 0 Å². The Balaban J connectivity index is 2.20. The number of hydrogen-bond acceptors (Lipinski definition) is 5. The largest absolute Gasteiger partial charge is 0.497 e. The van der Waals surface area contributed by atoms with Crippen LogP contribution in [-0.4, -0.2) is 34.3 Å². The molecule has 0 saturated heterocycles. The second-order valence-electron chi connectivity index (χ2n) is 5.46. The van der Waals surface area contributed by atoms with Gasteiger partial charge in [0.2, 0.25) is 0 Å². The van der Waals surface area contributed by atoms with Crippen LogP contribution in [0.15, 0.2) is 42.0 Å². The van der Waals surface area contributed by atoms with Crippen LogP contribution in [0.25, 0.3) is 6.08 Å². The summed E-state index contributed by atoms with van der Waals surface area (Å²) in [6.07, 6.45) is 1.77. The van der Waals surface area contributed by atoms with Gasteiger partial charge in [-0.15, -0.1) is 0 Å². The number of hydrogen-bond donors (Lipinski definition) is 1. The Bertz CT molecular complexity index is 814. The maximum atomic E-state index is 12.5. The molecule has 0 atom stereocenters. The molecule has 6 nitrogen and oxygen atoms in total. The summed E-state index contributed by atoms with van der Waals surface area (Å²) in [6, 6.07) is 10.7. The van der Waals surface area contributed by atoms with Gasteiger partial charge >= 0.3 is 0 Å². The smallest absolute Gasteiger partial charge is 0.251 e. The van der Waals surface area contributed by atoms with Crippen molar-refractivity contribution in [2.24, 2.45) is 0 Å². The molecule has 0 heterocycles. The first kappa shape index (κ1) is 19.2. The van der Waals surface area contributed by atoms with Gasteiger partial charge in [0, 0.05) is 11.6 Å². The first-order valence-corrected chi connectivity index (χ1v) is 7.96. The molecule has 1 amide bonds. The summed E-state index contributed by atoms with van der Waals surface area (Å²) in [7, 11) is 6.26. The highest BCUT2D eigenvalue weighted by Crippen LogP contribution is 2.30. The lowest BCUT2D eigenvalue weighted by Crippen LogP contribution is -2.13. The van der Waals surface area contributed by atoms with Crippen molar-refractivity contribution in [2.45, 2.75) is 6.92 Å². The summed E-state index contributed by atoms with van der Waals surface area (Å²) in [5.41, 5.74) is 1.94. The Labute approximate surface area is 153 Å². The lowest BCUT2D eigenvalue weighted by atomic mass is 10.1. The zero-order valence-electron chi connectivity index (χ0n) is 15.6. The molecule has 0 aliphatic rings. The van der Waals surface area contributed by atoms with Crippen LogP contribution in [-0.2, 0) is 4.79 Å². The first-order chi connectivity index (χ1) is 12.5. The minimum atomic E-state index is -0.233. The minimum Gasteiger partial charge on any atom is -0.497 e. The third kappa shape index (κ3) is 4.47. The summed E-state index contributed by atoms with van der Waals surface area (Å²) in [5, 5.41) is 2.84. The van der Waals surface area contributed by atoms with E-state index in [1.807, 2.05) is 12.1 Å². The van der Waals surface area contributed by atoms with Crippen molar-refractivity contribution in [1.82, 2.24) is 0 Å². The van der Waals surface area contributed by atoms with E-state index in [2.05, 4.69) is 5.32 Å². The molecular formula is C20H23NO5. The van der Waals surface area contributed by atoms with Crippen LogP contribution in [0.5, 0.6) is 23.0 Å². The summed E-state index contributed by atoms with van der Waals surface area (Å²) in [6.45, 7) is 1.74. The van der Waals surface area contributed by atoms with Gasteiger partial charge in [-0.05, 0) is 42.8 Å². The molecule has 26 heavy (non-hydrogen) atoms. The van der Waals surface area contributed by atoms with Gasteiger partial charge in [0.15, 0.2) is 11.5 Å². The SMILES string of the molecule is COc1ccc(NC(=O)/C(C)=C/c2ccc(OC)c(OC)c2)c(OC)c1. The number of amides is 1. The average molecular weight is 357 g/mol. The zero-order valence-corrected chi connectivity index (χ0v) is 15.6. The number of anilines is 1. The van der Waals surface area contributed by atoms with E-state index in [0.29, 0.717) is 34.3 Å². The van der Waals surface area contributed by atoms with E-state index >= 15 is 0 Å². The fraction of sp³-hybridized carbons (Fsp3) is 0.250. The summed E-state index contributed by atoms with van der Waals surface area (Å²) < 4.78 is 21.0. The van der Waals surface area contributed by atoms with E-state index < -0.39 is 0 Å². The van der Waals surface area contributed by atoms with Crippen molar-refractivity contribution in [3.05, 3.63) is 47.5 Å². The Morgan fingerprint density at radius 2 is 1.54 bits per heavy atom. The second kappa shape index (κ2) is 8.80. The topological polar surface area (TPSA) is 66.0 Å². The van der Waals surface area contributed by atoms with Crippen molar-refractivity contribution < 1.29 is 23.7 Å². The highest BCUT2D eigenvalue weighted by molar-refractivity contribution is 6.07. The normalized spacial score (nSPS) is 10.9. The van der Waals surface area contributed by atoms with E-state index in [-0.39, 0.29) is 5.91 Å². The van der Waals surface area contributed by atoms with E-state index in [1.54, 1.807) is 58.6 Å². The summed E-state index contributed by atoms with van der Waals surface area (Å²) in [4.78, 5) is 12.5. The monoisotopic (exact) mass is 357 g/mol. The van der Waals surface area contributed by atoms with E-state index in [0.717, 1.165) is 5.56 Å². The number of benzene rings is 2. The van der Waals surface area contributed by atoms with Crippen molar-refractivity contribution in [3.8, 4) is 23.0 Å². The molecule has 2 rings (SSSR count). The second-order valence-corrected chi connectivity index (χ2v) is 5.46. The third-order valence-electron chi connectivity index (χ3n) is 3.81. The fourth-order valence-electron chi connectivity index (χ4n) is 2.38. The first-order valence-electron chi connectivity index (χ1n) is 7.96. The molecule has 2 aromatic carbocycles. The van der Waals surface area contributed by atoms with E-state index in [1.165, 1.54) is 7.11 Å². The molecular weight excluding hydrogens is 334 g/mol. The Morgan fingerprint density at radius 3 is 2.15 bits per heavy atom. The predicted octanol–water partition coefficient (Wildman–Crippen LogP) is 3.76. The molecule has 0 aliphatic carbocycles. The van der Waals surface area contributed by atoms with Gasteiger partial charge in [0.25, 0.3) is 5.91 Å². The average Bonchev–Trinajstić information content (AvgIpc) is 2.67. The molecule has 0 spiro atoms. The van der Waals surface area contributed by atoms with Crippen LogP contribution in [0.4, 0.5) is 5.69 Å².